The van der Waals surface area contributed by atoms with E-state index in [0.717, 1.165) is 18.4 Å². The molecule has 1 aliphatic carbocycles. The first kappa shape index (κ1) is 17.9. The third-order valence-corrected chi connectivity index (χ3v) is 4.87. The van der Waals surface area contributed by atoms with Crippen LogP contribution in [0.15, 0.2) is 48.5 Å². The Morgan fingerprint density at radius 3 is 2.54 bits per heavy atom. The maximum atomic E-state index is 13.2. The summed E-state index contributed by atoms with van der Waals surface area (Å²) in [6.07, 6.45) is 2.23. The number of ether oxygens (including phenoxy) is 1. The highest BCUT2D eigenvalue weighted by atomic mass is 16.6. The Labute approximate surface area is 152 Å². The average molecular weight is 354 g/mol. The van der Waals surface area contributed by atoms with E-state index in [2.05, 4.69) is 6.92 Å². The van der Waals surface area contributed by atoms with Crippen LogP contribution in [0.3, 0.4) is 0 Å². The van der Waals surface area contributed by atoms with Crippen molar-refractivity contribution in [2.45, 2.75) is 32.4 Å². The fourth-order valence-electron chi connectivity index (χ4n) is 3.15. The Morgan fingerprint density at radius 1 is 1.27 bits per heavy atom. The molecule has 0 bridgehead atoms. The third kappa shape index (κ3) is 3.85. The summed E-state index contributed by atoms with van der Waals surface area (Å²) >= 11 is 0. The Morgan fingerprint density at radius 2 is 1.96 bits per heavy atom. The number of hydrogen-bond acceptors (Lipinski definition) is 4. The minimum absolute atomic E-state index is 0.0869. The van der Waals surface area contributed by atoms with Gasteiger partial charge in [-0.15, -0.1) is 0 Å². The molecule has 0 spiro atoms. The molecule has 1 unspecified atom stereocenters. The topological polar surface area (TPSA) is 72.7 Å². The second-order valence-corrected chi connectivity index (χ2v) is 6.64. The van der Waals surface area contributed by atoms with Crippen LogP contribution in [0.2, 0.25) is 0 Å². The second kappa shape index (κ2) is 7.56. The van der Waals surface area contributed by atoms with Crippen LogP contribution in [0.4, 0.5) is 5.69 Å². The molecule has 0 saturated heterocycles. The second-order valence-electron chi connectivity index (χ2n) is 6.64. The van der Waals surface area contributed by atoms with Crippen molar-refractivity contribution < 1.29 is 14.5 Å². The van der Waals surface area contributed by atoms with Crippen molar-refractivity contribution in [2.24, 2.45) is 5.92 Å². The number of carbonyl (C=O) groups excluding carboxylic acids is 1. The first-order valence-corrected chi connectivity index (χ1v) is 8.68. The molecule has 3 rings (SSSR count). The quantitative estimate of drug-likeness (QED) is 0.555. The molecular weight excluding hydrogens is 332 g/mol. The molecule has 0 N–H and O–H groups in total. The number of nitro groups is 1. The highest BCUT2D eigenvalue weighted by Crippen LogP contribution is 2.37. The summed E-state index contributed by atoms with van der Waals surface area (Å²) in [5.74, 6) is 0.450. The number of nitrogens with zero attached hydrogens (tertiary/aromatic N) is 2. The lowest BCUT2D eigenvalue weighted by Gasteiger charge is -2.30. The van der Waals surface area contributed by atoms with Crippen molar-refractivity contribution in [1.82, 2.24) is 4.90 Å². The minimum Gasteiger partial charge on any atom is -0.490 e. The third-order valence-electron chi connectivity index (χ3n) is 4.87. The highest BCUT2D eigenvalue weighted by molar-refractivity contribution is 5.95. The zero-order chi connectivity index (χ0) is 18.7. The standard InChI is InChI=1S/C20H22N2O4/c1-14(16-8-9-16)21(13-15-6-4-3-5-7-15)20(23)17-10-11-19(26-2)18(12-17)22(24)25/h3-7,10-12,14,16H,8-9,13H2,1-2H3. The molecule has 0 aromatic heterocycles. The Kier molecular flexibility index (Phi) is 5.21. The van der Waals surface area contributed by atoms with Gasteiger partial charge in [0, 0.05) is 24.2 Å². The fraction of sp³-hybridized carbons (Fsp3) is 0.350. The van der Waals surface area contributed by atoms with Gasteiger partial charge in [-0.3, -0.25) is 14.9 Å². The summed E-state index contributed by atoms with van der Waals surface area (Å²) in [7, 11) is 1.38. The molecule has 26 heavy (non-hydrogen) atoms. The van der Waals surface area contributed by atoms with Gasteiger partial charge in [0.25, 0.3) is 5.91 Å². The largest absolute Gasteiger partial charge is 0.490 e. The van der Waals surface area contributed by atoms with E-state index in [1.54, 1.807) is 6.07 Å². The maximum absolute atomic E-state index is 13.2. The van der Waals surface area contributed by atoms with Gasteiger partial charge in [0.2, 0.25) is 0 Å². The molecule has 6 heteroatoms. The molecule has 1 saturated carbocycles. The van der Waals surface area contributed by atoms with Crippen molar-refractivity contribution in [3.63, 3.8) is 0 Å². The monoisotopic (exact) mass is 354 g/mol. The molecule has 2 aromatic rings. The van der Waals surface area contributed by atoms with Crippen LogP contribution in [-0.4, -0.2) is 28.9 Å². The summed E-state index contributed by atoms with van der Waals surface area (Å²) in [5.41, 5.74) is 1.15. The van der Waals surface area contributed by atoms with E-state index in [1.165, 1.54) is 19.2 Å². The molecule has 1 atom stereocenters. The Hall–Kier alpha value is -2.89. The molecule has 2 aromatic carbocycles. The lowest BCUT2D eigenvalue weighted by molar-refractivity contribution is -0.385. The summed E-state index contributed by atoms with van der Waals surface area (Å²) < 4.78 is 5.03. The first-order chi connectivity index (χ1) is 12.5. The van der Waals surface area contributed by atoms with Crippen LogP contribution >= 0.6 is 0 Å². The highest BCUT2D eigenvalue weighted by Gasteiger charge is 2.35. The van der Waals surface area contributed by atoms with Crippen LogP contribution in [-0.2, 0) is 6.54 Å². The van der Waals surface area contributed by atoms with Gasteiger partial charge in [0.1, 0.15) is 0 Å². The summed E-state index contributed by atoms with van der Waals surface area (Å²) in [6, 6.07) is 14.2. The SMILES string of the molecule is COc1ccc(C(=O)N(Cc2ccccc2)C(C)C2CC2)cc1[N+](=O)[O-]. The molecule has 0 aliphatic heterocycles. The van der Waals surface area contributed by atoms with E-state index < -0.39 is 4.92 Å². The number of methoxy groups -OCH3 is 1. The van der Waals surface area contributed by atoms with E-state index in [9.17, 15) is 14.9 Å². The molecule has 1 fully saturated rings. The van der Waals surface area contributed by atoms with Crippen LogP contribution < -0.4 is 4.74 Å². The normalized spacial score (nSPS) is 14.5. The van der Waals surface area contributed by atoms with E-state index in [0.29, 0.717) is 18.0 Å². The van der Waals surface area contributed by atoms with Gasteiger partial charge in [-0.1, -0.05) is 30.3 Å². The van der Waals surface area contributed by atoms with Crippen molar-refractivity contribution in [2.75, 3.05) is 7.11 Å². The Balaban J connectivity index is 1.91. The predicted octanol–water partition coefficient (Wildman–Crippen LogP) is 4.04. The summed E-state index contributed by atoms with van der Waals surface area (Å²) in [4.78, 5) is 25.7. The lowest BCUT2D eigenvalue weighted by Crippen LogP contribution is -2.39. The van der Waals surface area contributed by atoms with E-state index in [1.807, 2.05) is 35.2 Å². The van der Waals surface area contributed by atoms with Crippen molar-refractivity contribution in [1.29, 1.82) is 0 Å². The number of amides is 1. The van der Waals surface area contributed by atoms with Gasteiger partial charge in [-0.05, 0) is 43.4 Å². The van der Waals surface area contributed by atoms with Gasteiger partial charge < -0.3 is 9.64 Å². The maximum Gasteiger partial charge on any atom is 0.311 e. The molecule has 0 heterocycles. The van der Waals surface area contributed by atoms with Crippen molar-refractivity contribution in [3.05, 3.63) is 69.8 Å². The Bertz CT molecular complexity index is 803. The summed E-state index contributed by atoms with van der Waals surface area (Å²) in [5, 5.41) is 11.3. The van der Waals surface area contributed by atoms with E-state index >= 15 is 0 Å². The van der Waals surface area contributed by atoms with Gasteiger partial charge >= 0.3 is 5.69 Å². The number of nitro benzene ring substituents is 1. The van der Waals surface area contributed by atoms with Crippen molar-refractivity contribution >= 4 is 11.6 Å². The van der Waals surface area contributed by atoms with Gasteiger partial charge in [-0.25, -0.2) is 0 Å². The van der Waals surface area contributed by atoms with Crippen LogP contribution in [0, 0.1) is 16.0 Å². The fourth-order valence-corrected chi connectivity index (χ4v) is 3.15. The van der Waals surface area contributed by atoms with E-state index in [4.69, 9.17) is 4.74 Å². The molecule has 1 aliphatic rings. The number of benzene rings is 2. The molecule has 1 amide bonds. The van der Waals surface area contributed by atoms with Gasteiger partial charge in [0.15, 0.2) is 5.75 Å². The van der Waals surface area contributed by atoms with Crippen LogP contribution in [0.25, 0.3) is 0 Å². The number of rotatable bonds is 7. The predicted molar refractivity (Wildman–Crippen MR) is 98.1 cm³/mol. The van der Waals surface area contributed by atoms with E-state index in [-0.39, 0.29) is 23.4 Å². The molecular formula is C20H22N2O4. The smallest absolute Gasteiger partial charge is 0.311 e. The summed E-state index contributed by atoms with van der Waals surface area (Å²) in [6.45, 7) is 2.54. The molecule has 136 valence electrons. The van der Waals surface area contributed by atoms with Gasteiger partial charge in [-0.2, -0.15) is 0 Å². The number of hydrogen-bond donors (Lipinski definition) is 0. The lowest BCUT2D eigenvalue weighted by atomic mass is 10.1. The average Bonchev–Trinajstić information content (AvgIpc) is 3.50. The molecule has 0 radical (unpaired) electrons. The van der Waals surface area contributed by atoms with Crippen LogP contribution in [0.1, 0.15) is 35.7 Å². The van der Waals surface area contributed by atoms with Gasteiger partial charge in [0.05, 0.1) is 12.0 Å². The minimum atomic E-state index is -0.526. The van der Waals surface area contributed by atoms with Crippen LogP contribution in [0.5, 0.6) is 5.75 Å². The molecule has 6 nitrogen and oxygen atoms in total. The first-order valence-electron chi connectivity index (χ1n) is 8.68. The van der Waals surface area contributed by atoms with Crippen molar-refractivity contribution in [3.8, 4) is 5.75 Å². The zero-order valence-electron chi connectivity index (χ0n) is 14.9. The zero-order valence-corrected chi connectivity index (χ0v) is 14.9. The number of carbonyl (C=O) groups is 1.